The average Bonchev–Trinajstić information content (AvgIpc) is 2.12. The van der Waals surface area contributed by atoms with Gasteiger partial charge in [-0.25, -0.2) is 0 Å². The number of halogens is 12. The molecule has 0 heterocycles. The molecule has 2 nitrogen and oxygen atoms in total. The summed E-state index contributed by atoms with van der Waals surface area (Å²) >= 11 is 69.5. The number of alkyl halides is 12. The molecule has 0 aromatic rings. The smallest absolute Gasteiger partial charge is 0.202 e. The van der Waals surface area contributed by atoms with Gasteiger partial charge in [0.1, 0.15) is 0 Å². The second kappa shape index (κ2) is 6.61. The molecule has 0 amide bonds. The van der Waals surface area contributed by atoms with Gasteiger partial charge in [0.15, 0.2) is 17.3 Å². The van der Waals surface area contributed by atoms with E-state index in [1.807, 2.05) is 0 Å². The van der Waals surface area contributed by atoms with E-state index in [0.717, 1.165) is 0 Å². The molecule has 0 unspecified atom stereocenters. The van der Waals surface area contributed by atoms with E-state index < -0.39 is 26.2 Å². The van der Waals surface area contributed by atoms with E-state index in [1.165, 1.54) is 0 Å². The van der Waals surface area contributed by atoms with Crippen molar-refractivity contribution in [1.82, 2.24) is 0 Å². The van der Waals surface area contributed by atoms with E-state index >= 15 is 0 Å². The second-order valence-electron chi connectivity index (χ2n) is 3.54. The zero-order chi connectivity index (χ0) is 17.0. The Bertz CT molecular complexity index is 327. The fraction of sp³-hybridized carbons (Fsp3) is 1.00. The quantitative estimate of drug-likeness (QED) is 0.346. The number of hydrogen-bond acceptors (Lipinski definition) is 2. The van der Waals surface area contributed by atoms with Crippen molar-refractivity contribution >= 4 is 139 Å². The van der Waals surface area contributed by atoms with Gasteiger partial charge in [0.2, 0.25) is 8.91 Å². The maximum Gasteiger partial charge on any atom is 0.202 e. The molecule has 0 aromatic carbocycles. The van der Waals surface area contributed by atoms with Crippen LogP contribution in [0.5, 0.6) is 0 Å². The third kappa shape index (κ3) is 3.80. The fourth-order valence-electron chi connectivity index (χ4n) is 0.813. The van der Waals surface area contributed by atoms with Crippen molar-refractivity contribution in [1.29, 1.82) is 0 Å². The number of rotatable bonds is 5. The predicted octanol–water partition coefficient (Wildman–Crippen LogP) is 5.86. The first-order valence-electron chi connectivity index (χ1n) is 4.10. The molecule has 14 heteroatoms. The van der Waals surface area contributed by atoms with Crippen molar-refractivity contribution in [2.45, 2.75) is 26.2 Å². The Hall–Kier alpha value is 3.40. The van der Waals surface area contributed by atoms with Gasteiger partial charge < -0.3 is 0 Å². The average molecular weight is 530 g/mol. The SMILES string of the molecule is NC(Cl)(Cl)C(Cl)(Cl)C(Cl)(Cl)C(Cl)(Cl)C(Cl)(Cl)C(N)(Cl)Cl. The van der Waals surface area contributed by atoms with Crippen LogP contribution in [0.4, 0.5) is 0 Å². The molecule has 0 saturated heterocycles. The standard InChI is InChI=1S/C6H4Cl12N2/c7-1(8,3(11,12)5(15,16)19)2(9,10)4(13,14)6(17,18)20/h19-20H2. The molecule has 0 saturated carbocycles. The van der Waals surface area contributed by atoms with Gasteiger partial charge in [-0.05, 0) is 0 Å². The van der Waals surface area contributed by atoms with Crippen LogP contribution < -0.4 is 11.5 Å². The van der Waals surface area contributed by atoms with Gasteiger partial charge in [-0.15, -0.1) is 0 Å². The van der Waals surface area contributed by atoms with Crippen LogP contribution >= 0.6 is 139 Å². The molecular formula is C6H4Cl12N2. The van der Waals surface area contributed by atoms with Gasteiger partial charge in [-0.1, -0.05) is 139 Å². The van der Waals surface area contributed by atoms with Gasteiger partial charge in [0.25, 0.3) is 0 Å². The fourth-order valence-corrected chi connectivity index (χ4v) is 3.88. The minimum Gasteiger partial charge on any atom is -0.298 e. The lowest BCUT2D eigenvalue weighted by atomic mass is 10.1. The predicted molar refractivity (Wildman–Crippen MR) is 95.0 cm³/mol. The molecule has 122 valence electrons. The van der Waals surface area contributed by atoms with Crippen LogP contribution in [0, 0.1) is 0 Å². The summed E-state index contributed by atoms with van der Waals surface area (Å²) in [5.74, 6) is 0. The summed E-state index contributed by atoms with van der Waals surface area (Å²) in [6.07, 6.45) is 0. The summed E-state index contributed by atoms with van der Waals surface area (Å²) in [5, 5.41) is 0. The molecule has 0 bridgehead atoms. The van der Waals surface area contributed by atoms with E-state index in [1.54, 1.807) is 0 Å². The van der Waals surface area contributed by atoms with E-state index in [-0.39, 0.29) is 0 Å². The van der Waals surface area contributed by atoms with E-state index in [4.69, 9.17) is 151 Å². The van der Waals surface area contributed by atoms with Gasteiger partial charge in [0.05, 0.1) is 0 Å². The molecule has 0 aliphatic rings. The molecule has 0 rings (SSSR count). The van der Waals surface area contributed by atoms with Gasteiger partial charge >= 0.3 is 0 Å². The highest BCUT2D eigenvalue weighted by Crippen LogP contribution is 2.66. The normalized spacial score (nSPS) is 16.5. The highest BCUT2D eigenvalue weighted by molar-refractivity contribution is 6.78. The van der Waals surface area contributed by atoms with E-state index in [0.29, 0.717) is 0 Å². The largest absolute Gasteiger partial charge is 0.298 e. The molecule has 0 spiro atoms. The Morgan fingerprint density at radius 1 is 0.350 bits per heavy atom. The third-order valence-corrected chi connectivity index (χ3v) is 9.68. The van der Waals surface area contributed by atoms with Crippen LogP contribution in [0.1, 0.15) is 0 Å². The maximum atomic E-state index is 5.94. The summed E-state index contributed by atoms with van der Waals surface area (Å²) in [5.41, 5.74) is 10.7. The molecular weight excluding hydrogens is 526 g/mol. The zero-order valence-electron chi connectivity index (χ0n) is 8.69. The van der Waals surface area contributed by atoms with Crippen molar-refractivity contribution in [2.24, 2.45) is 11.5 Å². The van der Waals surface area contributed by atoms with Crippen molar-refractivity contribution in [3.63, 3.8) is 0 Å². The summed E-state index contributed by atoms with van der Waals surface area (Å²) < 4.78 is -15.4. The molecule has 20 heavy (non-hydrogen) atoms. The van der Waals surface area contributed by atoms with Crippen LogP contribution in [0.3, 0.4) is 0 Å². The first-order chi connectivity index (χ1) is 8.25. The van der Waals surface area contributed by atoms with Gasteiger partial charge in [-0.2, -0.15) is 0 Å². The van der Waals surface area contributed by atoms with Crippen molar-refractivity contribution in [3.05, 3.63) is 0 Å². The van der Waals surface area contributed by atoms with Crippen molar-refractivity contribution in [3.8, 4) is 0 Å². The maximum absolute atomic E-state index is 5.94. The first kappa shape index (κ1) is 23.4. The lowest BCUT2D eigenvalue weighted by molar-refractivity contribution is 0.476. The topological polar surface area (TPSA) is 52.0 Å². The minimum atomic E-state index is -2.68. The molecule has 0 fully saturated rings. The third-order valence-electron chi connectivity index (χ3n) is 2.02. The van der Waals surface area contributed by atoms with Gasteiger partial charge in [-0.3, -0.25) is 11.5 Å². The van der Waals surface area contributed by atoms with Crippen LogP contribution in [0.15, 0.2) is 0 Å². The Kier molecular flexibility index (Phi) is 7.73. The van der Waals surface area contributed by atoms with Gasteiger partial charge in [0, 0.05) is 0 Å². The minimum absolute atomic E-state index is 2.42. The Balaban J connectivity index is 6.08. The Morgan fingerprint density at radius 3 is 0.600 bits per heavy atom. The Morgan fingerprint density at radius 2 is 0.500 bits per heavy atom. The van der Waals surface area contributed by atoms with Crippen LogP contribution in [-0.2, 0) is 0 Å². The zero-order valence-corrected chi connectivity index (χ0v) is 17.8. The molecule has 0 aliphatic carbocycles. The highest BCUT2D eigenvalue weighted by Gasteiger charge is 2.76. The van der Waals surface area contributed by atoms with E-state index in [2.05, 4.69) is 0 Å². The molecule has 0 atom stereocenters. The van der Waals surface area contributed by atoms with Crippen molar-refractivity contribution < 1.29 is 0 Å². The second-order valence-corrected chi connectivity index (χ2v) is 11.6. The van der Waals surface area contributed by atoms with Crippen LogP contribution in [-0.4, -0.2) is 26.2 Å². The molecule has 0 aromatic heterocycles. The monoisotopic (exact) mass is 524 g/mol. The molecule has 4 N–H and O–H groups in total. The van der Waals surface area contributed by atoms with E-state index in [9.17, 15) is 0 Å². The van der Waals surface area contributed by atoms with Crippen LogP contribution in [0.2, 0.25) is 0 Å². The molecule has 0 aliphatic heterocycles. The Labute approximate surface area is 175 Å². The first-order valence-corrected chi connectivity index (χ1v) is 8.63. The van der Waals surface area contributed by atoms with Crippen LogP contribution in [0.25, 0.3) is 0 Å². The lowest BCUT2D eigenvalue weighted by Gasteiger charge is -2.50. The van der Waals surface area contributed by atoms with Crippen molar-refractivity contribution in [2.75, 3.05) is 0 Å². The lowest BCUT2D eigenvalue weighted by Crippen LogP contribution is -2.69. The summed E-state index contributed by atoms with van der Waals surface area (Å²) in [6, 6.07) is 0. The summed E-state index contributed by atoms with van der Waals surface area (Å²) in [7, 11) is 0. The number of hydrogen-bond donors (Lipinski definition) is 2. The number of nitrogens with two attached hydrogens (primary N) is 2. The summed E-state index contributed by atoms with van der Waals surface area (Å²) in [4.78, 5) is 0. The highest BCUT2D eigenvalue weighted by atomic mass is 35.6. The summed E-state index contributed by atoms with van der Waals surface area (Å²) in [6.45, 7) is 0. The molecule has 0 radical (unpaired) electrons.